The molecule has 13 heavy (non-hydrogen) atoms. The van der Waals surface area contributed by atoms with Crippen molar-refractivity contribution in [2.45, 2.75) is 18.9 Å². The molecule has 0 radical (unpaired) electrons. The highest BCUT2D eigenvalue weighted by Gasteiger charge is 2.32. The Morgan fingerprint density at radius 1 is 1.31 bits per heavy atom. The van der Waals surface area contributed by atoms with E-state index in [1.807, 2.05) is 30.3 Å². The molecule has 0 unspecified atom stereocenters. The molecule has 0 bridgehead atoms. The summed E-state index contributed by atoms with van der Waals surface area (Å²) in [5, 5.41) is -0.381. The van der Waals surface area contributed by atoms with Crippen molar-refractivity contribution in [1.29, 1.82) is 0 Å². The fourth-order valence-electron chi connectivity index (χ4n) is 1.38. The van der Waals surface area contributed by atoms with Crippen molar-refractivity contribution in [3.05, 3.63) is 30.3 Å². The minimum absolute atomic E-state index is 0.326. The molecule has 0 spiro atoms. The molecule has 0 N–H and O–H groups in total. The van der Waals surface area contributed by atoms with Gasteiger partial charge in [0.15, 0.2) is 0 Å². The molecule has 0 atom stereocenters. The summed E-state index contributed by atoms with van der Waals surface area (Å²) in [5.74, 6) is 0. The maximum absolute atomic E-state index is 11.1. The van der Waals surface area contributed by atoms with Gasteiger partial charge < -0.3 is 0 Å². The van der Waals surface area contributed by atoms with Gasteiger partial charge in [-0.05, 0) is 36.6 Å². The third kappa shape index (κ3) is 1.83. The molecule has 1 aliphatic carbocycles. The highest BCUT2D eigenvalue weighted by atomic mass is 35.5. The Labute approximate surface area is 82.1 Å². The normalized spacial score (nSPS) is 15.5. The van der Waals surface area contributed by atoms with Gasteiger partial charge in [-0.25, -0.2) is 0 Å². The van der Waals surface area contributed by atoms with E-state index in [0.29, 0.717) is 6.04 Å². The summed E-state index contributed by atoms with van der Waals surface area (Å²) in [5.41, 5.74) is 0.894. The van der Waals surface area contributed by atoms with E-state index in [1.54, 1.807) is 4.90 Å². The lowest BCUT2D eigenvalue weighted by molar-refractivity contribution is 0.264. The van der Waals surface area contributed by atoms with Crippen LogP contribution in [0.4, 0.5) is 10.5 Å². The smallest absolute Gasteiger partial charge is 0.296 e. The first-order chi connectivity index (χ1) is 6.29. The summed E-state index contributed by atoms with van der Waals surface area (Å²) in [6.07, 6.45) is 2.13. The molecular weight excluding hydrogens is 186 g/mol. The van der Waals surface area contributed by atoms with Gasteiger partial charge in [0.2, 0.25) is 0 Å². The second-order valence-corrected chi connectivity index (χ2v) is 3.51. The van der Waals surface area contributed by atoms with Crippen molar-refractivity contribution in [3.8, 4) is 0 Å². The molecule has 2 nitrogen and oxygen atoms in total. The van der Waals surface area contributed by atoms with Crippen molar-refractivity contribution in [2.75, 3.05) is 4.90 Å². The molecule has 68 valence electrons. The van der Waals surface area contributed by atoms with E-state index in [1.165, 1.54) is 0 Å². The number of hydrogen-bond acceptors (Lipinski definition) is 1. The maximum atomic E-state index is 11.1. The Hall–Kier alpha value is -1.02. The van der Waals surface area contributed by atoms with Crippen LogP contribution in [-0.4, -0.2) is 11.4 Å². The fraction of sp³-hybridized carbons (Fsp3) is 0.300. The number of nitrogens with zero attached hydrogens (tertiary/aromatic N) is 1. The van der Waals surface area contributed by atoms with Gasteiger partial charge in [-0.15, -0.1) is 0 Å². The first-order valence-corrected chi connectivity index (χ1v) is 4.70. The van der Waals surface area contributed by atoms with Crippen LogP contribution in [0.5, 0.6) is 0 Å². The number of benzene rings is 1. The van der Waals surface area contributed by atoms with Gasteiger partial charge in [-0.3, -0.25) is 9.69 Å². The van der Waals surface area contributed by atoms with Crippen LogP contribution in [0.3, 0.4) is 0 Å². The lowest BCUT2D eigenvalue weighted by atomic mass is 10.3. The summed E-state index contributed by atoms with van der Waals surface area (Å²) in [7, 11) is 0. The van der Waals surface area contributed by atoms with Crippen molar-refractivity contribution >= 4 is 22.7 Å². The Kier molecular flexibility index (Phi) is 2.23. The molecule has 0 heterocycles. The highest BCUT2D eigenvalue weighted by molar-refractivity contribution is 6.66. The van der Waals surface area contributed by atoms with E-state index in [9.17, 15) is 4.79 Å². The highest BCUT2D eigenvalue weighted by Crippen LogP contribution is 2.32. The predicted octanol–water partition coefficient (Wildman–Crippen LogP) is 3.01. The molecule has 1 amide bonds. The fourth-order valence-corrected chi connectivity index (χ4v) is 1.61. The van der Waals surface area contributed by atoms with E-state index < -0.39 is 0 Å². The molecule has 3 heteroatoms. The van der Waals surface area contributed by atoms with Crippen molar-refractivity contribution in [2.24, 2.45) is 0 Å². The number of halogens is 1. The van der Waals surface area contributed by atoms with Gasteiger partial charge in [0.1, 0.15) is 0 Å². The Bertz CT molecular complexity index is 308. The predicted molar refractivity (Wildman–Crippen MR) is 53.2 cm³/mol. The molecule has 0 aromatic heterocycles. The van der Waals surface area contributed by atoms with Crippen LogP contribution < -0.4 is 4.90 Å². The Balaban J connectivity index is 2.25. The van der Waals surface area contributed by atoms with E-state index in [0.717, 1.165) is 18.5 Å². The molecule has 0 aliphatic heterocycles. The number of anilines is 1. The minimum Gasteiger partial charge on any atom is -0.296 e. The maximum Gasteiger partial charge on any atom is 0.321 e. The first-order valence-electron chi connectivity index (χ1n) is 4.33. The Morgan fingerprint density at radius 3 is 2.38 bits per heavy atom. The second-order valence-electron chi connectivity index (χ2n) is 3.19. The first kappa shape index (κ1) is 8.57. The van der Waals surface area contributed by atoms with Crippen LogP contribution in [0.1, 0.15) is 12.8 Å². The van der Waals surface area contributed by atoms with Gasteiger partial charge in [0.25, 0.3) is 0 Å². The largest absolute Gasteiger partial charge is 0.321 e. The average Bonchev–Trinajstić information content (AvgIpc) is 2.90. The zero-order valence-corrected chi connectivity index (χ0v) is 7.87. The van der Waals surface area contributed by atoms with Crippen LogP contribution in [0.25, 0.3) is 0 Å². The van der Waals surface area contributed by atoms with E-state index >= 15 is 0 Å². The van der Waals surface area contributed by atoms with Crippen LogP contribution in [0.2, 0.25) is 0 Å². The Morgan fingerprint density at radius 2 is 1.92 bits per heavy atom. The number of carbonyl (C=O) groups excluding carboxylic acids is 1. The van der Waals surface area contributed by atoms with Crippen molar-refractivity contribution in [1.82, 2.24) is 0 Å². The monoisotopic (exact) mass is 195 g/mol. The topological polar surface area (TPSA) is 20.3 Å². The zero-order valence-electron chi connectivity index (χ0n) is 7.11. The van der Waals surface area contributed by atoms with Crippen LogP contribution >= 0.6 is 11.6 Å². The third-order valence-corrected chi connectivity index (χ3v) is 2.32. The van der Waals surface area contributed by atoms with Gasteiger partial charge >= 0.3 is 5.37 Å². The number of carbonyl (C=O) groups is 1. The molecular formula is C10H10ClNO. The molecule has 1 fully saturated rings. The average molecular weight is 196 g/mol. The lowest BCUT2D eigenvalue weighted by Gasteiger charge is -2.18. The molecule has 1 saturated carbocycles. The lowest BCUT2D eigenvalue weighted by Crippen LogP contribution is -2.27. The van der Waals surface area contributed by atoms with Crippen molar-refractivity contribution < 1.29 is 4.79 Å². The van der Waals surface area contributed by atoms with E-state index in [4.69, 9.17) is 11.6 Å². The minimum atomic E-state index is -0.381. The van der Waals surface area contributed by atoms with Gasteiger partial charge in [-0.2, -0.15) is 0 Å². The summed E-state index contributed by atoms with van der Waals surface area (Å²) in [6.45, 7) is 0. The number of rotatable bonds is 2. The molecule has 2 rings (SSSR count). The molecule has 0 saturated heterocycles. The van der Waals surface area contributed by atoms with E-state index in [2.05, 4.69) is 0 Å². The number of amides is 1. The standard InChI is InChI=1S/C10H10ClNO/c11-10(13)12(9-6-7-9)8-4-2-1-3-5-8/h1-5,9H,6-7H2. The summed E-state index contributed by atoms with van der Waals surface area (Å²) in [6, 6.07) is 9.87. The second kappa shape index (κ2) is 3.38. The van der Waals surface area contributed by atoms with Crippen LogP contribution in [0.15, 0.2) is 30.3 Å². The zero-order chi connectivity index (χ0) is 9.26. The molecule has 1 aliphatic rings. The molecule has 1 aromatic carbocycles. The van der Waals surface area contributed by atoms with Gasteiger partial charge in [-0.1, -0.05) is 18.2 Å². The summed E-state index contributed by atoms with van der Waals surface area (Å²) in [4.78, 5) is 12.8. The summed E-state index contributed by atoms with van der Waals surface area (Å²) >= 11 is 5.50. The van der Waals surface area contributed by atoms with E-state index in [-0.39, 0.29) is 5.37 Å². The third-order valence-electron chi connectivity index (χ3n) is 2.14. The van der Waals surface area contributed by atoms with Gasteiger partial charge in [0.05, 0.1) is 0 Å². The molecule has 1 aromatic rings. The van der Waals surface area contributed by atoms with Gasteiger partial charge in [0, 0.05) is 11.7 Å². The quantitative estimate of drug-likeness (QED) is 0.525. The van der Waals surface area contributed by atoms with Crippen molar-refractivity contribution in [3.63, 3.8) is 0 Å². The number of hydrogen-bond donors (Lipinski definition) is 0. The van der Waals surface area contributed by atoms with Crippen LogP contribution in [0, 0.1) is 0 Å². The SMILES string of the molecule is O=C(Cl)N(c1ccccc1)C1CC1. The van der Waals surface area contributed by atoms with Crippen LogP contribution in [-0.2, 0) is 0 Å². The summed E-state index contributed by atoms with van der Waals surface area (Å²) < 4.78 is 0. The number of para-hydroxylation sites is 1.